The number of carbonyl (C=O) groups is 1. The maximum Gasteiger partial charge on any atom is 0.340 e. The van der Waals surface area contributed by atoms with E-state index in [1.807, 2.05) is 20.8 Å². The van der Waals surface area contributed by atoms with Crippen LogP contribution in [0.1, 0.15) is 37.6 Å². The third-order valence-electron chi connectivity index (χ3n) is 3.29. The van der Waals surface area contributed by atoms with Gasteiger partial charge in [-0.05, 0) is 46.4 Å². The van der Waals surface area contributed by atoms with Gasteiger partial charge in [-0.2, -0.15) is 0 Å². The molecule has 2 N–H and O–H groups in total. The standard InChI is InChI=1S/C16H24N2O3/c1-16(2,3)21-15(19)13-6-5-11(9-14(13)17)20-12-7-8-18(4)10-12/h5-6,9,12H,7-8,10,17H2,1-4H3. The van der Waals surface area contributed by atoms with Crippen LogP contribution in [0.25, 0.3) is 0 Å². The van der Waals surface area contributed by atoms with Crippen molar-refractivity contribution in [3.05, 3.63) is 23.8 Å². The zero-order chi connectivity index (χ0) is 15.6. The zero-order valence-corrected chi connectivity index (χ0v) is 13.2. The Labute approximate surface area is 126 Å². The molecule has 0 spiro atoms. The molecule has 0 amide bonds. The van der Waals surface area contributed by atoms with E-state index in [1.54, 1.807) is 18.2 Å². The molecule has 0 aromatic heterocycles. The Morgan fingerprint density at radius 2 is 2.10 bits per heavy atom. The molecule has 21 heavy (non-hydrogen) atoms. The second-order valence-electron chi connectivity index (χ2n) is 6.54. The van der Waals surface area contributed by atoms with Crippen molar-refractivity contribution in [3.63, 3.8) is 0 Å². The number of nitrogens with zero attached hydrogens (tertiary/aromatic N) is 1. The number of hydrogen-bond donors (Lipinski definition) is 1. The number of esters is 1. The predicted molar refractivity (Wildman–Crippen MR) is 82.6 cm³/mol. The maximum absolute atomic E-state index is 12.0. The fourth-order valence-electron chi connectivity index (χ4n) is 2.32. The smallest absolute Gasteiger partial charge is 0.340 e. The summed E-state index contributed by atoms with van der Waals surface area (Å²) in [7, 11) is 2.07. The normalized spacial score (nSPS) is 19.5. The summed E-state index contributed by atoms with van der Waals surface area (Å²) in [5.74, 6) is 0.284. The summed E-state index contributed by atoms with van der Waals surface area (Å²) >= 11 is 0. The molecular formula is C16H24N2O3. The maximum atomic E-state index is 12.0. The third kappa shape index (κ3) is 4.36. The SMILES string of the molecule is CN1CCC(Oc2ccc(C(=O)OC(C)(C)C)c(N)c2)C1. The van der Waals surface area contributed by atoms with E-state index in [1.165, 1.54) is 0 Å². The van der Waals surface area contributed by atoms with Gasteiger partial charge in [-0.15, -0.1) is 0 Å². The molecule has 1 unspecified atom stereocenters. The molecule has 1 heterocycles. The van der Waals surface area contributed by atoms with E-state index < -0.39 is 11.6 Å². The second kappa shape index (κ2) is 5.93. The summed E-state index contributed by atoms with van der Waals surface area (Å²) in [6.07, 6.45) is 1.19. The van der Waals surface area contributed by atoms with Crippen LogP contribution in [0.2, 0.25) is 0 Å². The minimum atomic E-state index is -0.535. The molecule has 2 rings (SSSR count). The van der Waals surface area contributed by atoms with Gasteiger partial charge in [0.05, 0.1) is 5.56 Å². The predicted octanol–water partition coefficient (Wildman–Crippen LogP) is 2.31. The summed E-state index contributed by atoms with van der Waals surface area (Å²) in [5, 5.41) is 0. The number of carbonyl (C=O) groups excluding carboxylic acids is 1. The van der Waals surface area contributed by atoms with Gasteiger partial charge in [0.2, 0.25) is 0 Å². The summed E-state index contributed by atoms with van der Waals surface area (Å²) in [5.41, 5.74) is 6.18. The van der Waals surface area contributed by atoms with Crippen molar-refractivity contribution in [3.8, 4) is 5.75 Å². The molecule has 1 aromatic carbocycles. The van der Waals surface area contributed by atoms with Crippen LogP contribution < -0.4 is 10.5 Å². The largest absolute Gasteiger partial charge is 0.489 e. The summed E-state index contributed by atoms with van der Waals surface area (Å²) in [4.78, 5) is 14.3. The first-order chi connectivity index (χ1) is 9.74. The van der Waals surface area contributed by atoms with E-state index in [2.05, 4.69) is 11.9 Å². The highest BCUT2D eigenvalue weighted by Crippen LogP contribution is 2.24. The number of hydrogen-bond acceptors (Lipinski definition) is 5. The van der Waals surface area contributed by atoms with E-state index in [0.717, 1.165) is 19.5 Å². The van der Waals surface area contributed by atoms with Crippen LogP contribution in [0.15, 0.2) is 18.2 Å². The van der Waals surface area contributed by atoms with Crippen LogP contribution in [0.3, 0.4) is 0 Å². The van der Waals surface area contributed by atoms with Gasteiger partial charge in [-0.25, -0.2) is 4.79 Å². The average molecular weight is 292 g/mol. The quantitative estimate of drug-likeness (QED) is 0.684. The van der Waals surface area contributed by atoms with Crippen LogP contribution in [-0.2, 0) is 4.74 Å². The Hall–Kier alpha value is -1.75. The molecule has 116 valence electrons. The van der Waals surface area contributed by atoms with E-state index >= 15 is 0 Å². The Kier molecular flexibility index (Phi) is 4.42. The number of likely N-dealkylation sites (tertiary alicyclic amines) is 1. The van der Waals surface area contributed by atoms with Crippen molar-refractivity contribution in [1.82, 2.24) is 4.90 Å². The van der Waals surface area contributed by atoms with Gasteiger partial charge in [0, 0.05) is 24.8 Å². The van der Waals surface area contributed by atoms with Crippen molar-refractivity contribution in [2.45, 2.75) is 38.9 Å². The van der Waals surface area contributed by atoms with E-state index in [9.17, 15) is 4.79 Å². The van der Waals surface area contributed by atoms with Crippen LogP contribution in [0.5, 0.6) is 5.75 Å². The second-order valence-corrected chi connectivity index (χ2v) is 6.54. The van der Waals surface area contributed by atoms with Crippen LogP contribution in [-0.4, -0.2) is 42.7 Å². The van der Waals surface area contributed by atoms with Gasteiger partial charge >= 0.3 is 5.97 Å². The molecule has 5 nitrogen and oxygen atoms in total. The number of likely N-dealkylation sites (N-methyl/N-ethyl adjacent to an activating group) is 1. The molecule has 0 aliphatic carbocycles. The van der Waals surface area contributed by atoms with Crippen LogP contribution in [0, 0.1) is 0 Å². The van der Waals surface area contributed by atoms with Crippen molar-refractivity contribution < 1.29 is 14.3 Å². The average Bonchev–Trinajstić information content (AvgIpc) is 2.72. The number of ether oxygens (including phenoxy) is 2. The lowest BCUT2D eigenvalue weighted by atomic mass is 10.1. The Morgan fingerprint density at radius 3 is 2.62 bits per heavy atom. The Morgan fingerprint density at radius 1 is 1.38 bits per heavy atom. The van der Waals surface area contributed by atoms with Gasteiger partial charge in [-0.1, -0.05) is 0 Å². The molecule has 1 aliphatic heterocycles. The lowest BCUT2D eigenvalue weighted by Gasteiger charge is -2.20. The number of anilines is 1. The zero-order valence-electron chi connectivity index (χ0n) is 13.2. The van der Waals surface area contributed by atoms with E-state index in [0.29, 0.717) is 17.0 Å². The van der Waals surface area contributed by atoms with Crippen LogP contribution >= 0.6 is 0 Å². The molecule has 1 aromatic rings. The molecule has 0 saturated carbocycles. The molecule has 1 fully saturated rings. The van der Waals surface area contributed by atoms with Crippen molar-refractivity contribution in [2.75, 3.05) is 25.9 Å². The first-order valence-corrected chi connectivity index (χ1v) is 7.23. The number of rotatable bonds is 3. The van der Waals surface area contributed by atoms with Gasteiger partial charge in [0.1, 0.15) is 17.5 Å². The molecule has 5 heteroatoms. The van der Waals surface area contributed by atoms with Gasteiger partial charge in [-0.3, -0.25) is 0 Å². The van der Waals surface area contributed by atoms with Gasteiger partial charge in [0.15, 0.2) is 0 Å². The van der Waals surface area contributed by atoms with Gasteiger partial charge < -0.3 is 20.1 Å². The van der Waals surface area contributed by atoms with E-state index in [-0.39, 0.29) is 6.10 Å². The first-order valence-electron chi connectivity index (χ1n) is 7.23. The number of nitrogen functional groups attached to an aromatic ring is 1. The van der Waals surface area contributed by atoms with Crippen molar-refractivity contribution >= 4 is 11.7 Å². The van der Waals surface area contributed by atoms with Crippen molar-refractivity contribution in [2.24, 2.45) is 0 Å². The summed E-state index contributed by atoms with van der Waals surface area (Å²) in [6, 6.07) is 5.13. The molecule has 1 saturated heterocycles. The first kappa shape index (κ1) is 15.6. The fourth-order valence-corrected chi connectivity index (χ4v) is 2.32. The fraction of sp³-hybridized carbons (Fsp3) is 0.562. The molecule has 0 radical (unpaired) electrons. The Bertz CT molecular complexity index is 523. The Balaban J connectivity index is 2.05. The highest BCUT2D eigenvalue weighted by Gasteiger charge is 2.22. The minimum absolute atomic E-state index is 0.182. The molecule has 1 aliphatic rings. The van der Waals surface area contributed by atoms with E-state index in [4.69, 9.17) is 15.2 Å². The van der Waals surface area contributed by atoms with Gasteiger partial charge in [0.25, 0.3) is 0 Å². The minimum Gasteiger partial charge on any atom is -0.489 e. The molecule has 0 bridgehead atoms. The monoisotopic (exact) mass is 292 g/mol. The lowest BCUT2D eigenvalue weighted by Crippen LogP contribution is -2.24. The van der Waals surface area contributed by atoms with Crippen molar-refractivity contribution in [1.29, 1.82) is 0 Å². The topological polar surface area (TPSA) is 64.8 Å². The molecule has 1 atom stereocenters. The summed E-state index contributed by atoms with van der Waals surface area (Å²) < 4.78 is 11.2. The lowest BCUT2D eigenvalue weighted by molar-refractivity contribution is 0.00708. The highest BCUT2D eigenvalue weighted by atomic mass is 16.6. The highest BCUT2D eigenvalue weighted by molar-refractivity contribution is 5.95. The molecular weight excluding hydrogens is 268 g/mol. The number of benzene rings is 1. The van der Waals surface area contributed by atoms with Crippen LogP contribution in [0.4, 0.5) is 5.69 Å². The summed E-state index contributed by atoms with van der Waals surface area (Å²) in [6.45, 7) is 7.43. The third-order valence-corrected chi connectivity index (χ3v) is 3.29. The number of nitrogens with two attached hydrogens (primary N) is 1.